The van der Waals surface area contributed by atoms with E-state index in [2.05, 4.69) is 30.2 Å². The number of hydrogen-bond acceptors (Lipinski definition) is 1. The summed E-state index contributed by atoms with van der Waals surface area (Å²) in [4.78, 5) is 3.44. The highest BCUT2D eigenvalue weighted by molar-refractivity contribution is 6.31. The molecule has 1 heterocycles. The molecule has 0 saturated carbocycles. The van der Waals surface area contributed by atoms with Crippen LogP contribution < -0.4 is 5.32 Å². The molecule has 16 heavy (non-hydrogen) atoms. The Morgan fingerprint density at radius 1 is 1.38 bits per heavy atom. The summed E-state index contributed by atoms with van der Waals surface area (Å²) < 4.78 is 0. The largest absolute Gasteiger partial charge is 0.357 e. The molecule has 2 N–H and O–H groups in total. The smallest absolute Gasteiger partial charge is 0.0474 e. The van der Waals surface area contributed by atoms with Crippen LogP contribution >= 0.6 is 11.6 Å². The molecular formula is C13H17ClN2. The first-order chi connectivity index (χ1) is 7.63. The number of fused-ring (bicyclic) bond motifs is 1. The molecule has 0 bridgehead atoms. The first-order valence-electron chi connectivity index (χ1n) is 5.58. The number of H-pyrrole nitrogens is 1. The first kappa shape index (κ1) is 11.5. The van der Waals surface area contributed by atoms with Crippen LogP contribution in [0, 0.1) is 0 Å². The minimum atomic E-state index is 0.512. The summed E-state index contributed by atoms with van der Waals surface area (Å²) >= 11 is 6.00. The van der Waals surface area contributed by atoms with Crippen LogP contribution in [-0.4, -0.2) is 12.0 Å². The average Bonchev–Trinajstić information content (AvgIpc) is 2.55. The highest BCUT2D eigenvalue weighted by atomic mass is 35.5. The molecule has 0 saturated heterocycles. The highest BCUT2D eigenvalue weighted by Gasteiger charge is 2.13. The molecular weight excluding hydrogens is 220 g/mol. The van der Waals surface area contributed by atoms with Crippen molar-refractivity contribution in [2.45, 2.75) is 26.3 Å². The molecule has 0 radical (unpaired) electrons. The molecule has 0 atom stereocenters. The zero-order valence-electron chi connectivity index (χ0n) is 9.89. The van der Waals surface area contributed by atoms with E-state index in [1.54, 1.807) is 0 Å². The Kier molecular flexibility index (Phi) is 3.22. The van der Waals surface area contributed by atoms with E-state index < -0.39 is 0 Å². The second-order valence-electron chi connectivity index (χ2n) is 4.39. The minimum absolute atomic E-state index is 0.512. The maximum atomic E-state index is 6.00. The normalized spacial score (nSPS) is 11.6. The molecule has 86 valence electrons. The van der Waals surface area contributed by atoms with E-state index in [1.165, 1.54) is 16.6 Å². The van der Waals surface area contributed by atoms with Gasteiger partial charge in [0.2, 0.25) is 0 Å². The number of hydrogen-bond donors (Lipinski definition) is 2. The zero-order valence-corrected chi connectivity index (χ0v) is 10.7. The third kappa shape index (κ3) is 1.95. The van der Waals surface area contributed by atoms with Crippen LogP contribution in [0.25, 0.3) is 10.9 Å². The molecule has 2 rings (SSSR count). The van der Waals surface area contributed by atoms with Gasteiger partial charge in [-0.2, -0.15) is 0 Å². The topological polar surface area (TPSA) is 27.8 Å². The van der Waals surface area contributed by atoms with Gasteiger partial charge in [0.1, 0.15) is 0 Å². The fraction of sp³-hybridized carbons (Fsp3) is 0.385. The lowest BCUT2D eigenvalue weighted by molar-refractivity contribution is 0.765. The van der Waals surface area contributed by atoms with Gasteiger partial charge in [0.15, 0.2) is 0 Å². The molecule has 3 heteroatoms. The molecule has 2 aromatic rings. The molecule has 0 fully saturated rings. The standard InChI is InChI=1S/C13H17ClN2/c1-8(2)13-10-5-4-9(14)6-11(10)16-12(13)7-15-3/h4-6,8,15-16H,7H2,1-3H3. The van der Waals surface area contributed by atoms with Gasteiger partial charge in [0.25, 0.3) is 0 Å². The Bertz CT molecular complexity index is 500. The number of benzene rings is 1. The second-order valence-corrected chi connectivity index (χ2v) is 4.83. The molecule has 2 nitrogen and oxygen atoms in total. The van der Waals surface area contributed by atoms with Crippen molar-refractivity contribution in [3.8, 4) is 0 Å². The van der Waals surface area contributed by atoms with Crippen LogP contribution in [0.1, 0.15) is 31.0 Å². The van der Waals surface area contributed by atoms with Crippen LogP contribution in [0.5, 0.6) is 0 Å². The van der Waals surface area contributed by atoms with Crippen LogP contribution in [0.4, 0.5) is 0 Å². The average molecular weight is 237 g/mol. The van der Waals surface area contributed by atoms with Gasteiger partial charge in [0.05, 0.1) is 0 Å². The van der Waals surface area contributed by atoms with E-state index in [0.717, 1.165) is 17.1 Å². The minimum Gasteiger partial charge on any atom is -0.357 e. The summed E-state index contributed by atoms with van der Waals surface area (Å²) in [6.07, 6.45) is 0. The van der Waals surface area contributed by atoms with Gasteiger partial charge in [-0.25, -0.2) is 0 Å². The van der Waals surface area contributed by atoms with Gasteiger partial charge in [-0.1, -0.05) is 31.5 Å². The summed E-state index contributed by atoms with van der Waals surface area (Å²) in [6.45, 7) is 5.30. The lowest BCUT2D eigenvalue weighted by atomic mass is 9.99. The molecule has 1 aromatic carbocycles. The summed E-state index contributed by atoms with van der Waals surface area (Å²) in [5.41, 5.74) is 3.78. The fourth-order valence-electron chi connectivity index (χ4n) is 2.22. The van der Waals surface area contributed by atoms with Gasteiger partial charge in [-0.05, 0) is 30.7 Å². The van der Waals surface area contributed by atoms with Crippen molar-refractivity contribution in [1.29, 1.82) is 0 Å². The molecule has 0 aliphatic heterocycles. The summed E-state index contributed by atoms with van der Waals surface area (Å²) in [6, 6.07) is 6.04. The van der Waals surface area contributed by atoms with Crippen molar-refractivity contribution >= 4 is 22.5 Å². The lowest BCUT2D eigenvalue weighted by Gasteiger charge is -2.07. The Labute approximate surface area is 101 Å². The van der Waals surface area contributed by atoms with Crippen LogP contribution in [0.3, 0.4) is 0 Å². The number of aromatic nitrogens is 1. The molecule has 0 amide bonds. The molecule has 0 unspecified atom stereocenters. The van der Waals surface area contributed by atoms with Crippen molar-refractivity contribution in [2.75, 3.05) is 7.05 Å². The Hall–Kier alpha value is -0.990. The van der Waals surface area contributed by atoms with Crippen molar-refractivity contribution in [1.82, 2.24) is 10.3 Å². The van der Waals surface area contributed by atoms with E-state index >= 15 is 0 Å². The SMILES string of the molecule is CNCc1[nH]c2cc(Cl)ccc2c1C(C)C. The van der Waals surface area contributed by atoms with Crippen LogP contribution in [0.2, 0.25) is 5.02 Å². The Morgan fingerprint density at radius 3 is 2.75 bits per heavy atom. The monoisotopic (exact) mass is 236 g/mol. The Morgan fingerprint density at radius 2 is 2.12 bits per heavy atom. The van der Waals surface area contributed by atoms with Gasteiger partial charge in [0, 0.05) is 28.2 Å². The van der Waals surface area contributed by atoms with Crippen molar-refractivity contribution in [2.24, 2.45) is 0 Å². The van der Waals surface area contributed by atoms with Crippen molar-refractivity contribution in [3.05, 3.63) is 34.5 Å². The summed E-state index contributed by atoms with van der Waals surface area (Å²) in [7, 11) is 1.96. The van der Waals surface area contributed by atoms with Gasteiger partial charge in [-0.15, -0.1) is 0 Å². The van der Waals surface area contributed by atoms with E-state index in [9.17, 15) is 0 Å². The first-order valence-corrected chi connectivity index (χ1v) is 5.96. The second kappa shape index (κ2) is 4.48. The molecule has 1 aromatic heterocycles. The third-order valence-corrected chi connectivity index (χ3v) is 3.05. The van der Waals surface area contributed by atoms with E-state index in [1.807, 2.05) is 19.2 Å². The summed E-state index contributed by atoms with van der Waals surface area (Å²) in [5, 5.41) is 5.25. The number of rotatable bonds is 3. The molecule has 0 spiro atoms. The van der Waals surface area contributed by atoms with Crippen molar-refractivity contribution < 1.29 is 0 Å². The van der Waals surface area contributed by atoms with Gasteiger partial charge < -0.3 is 10.3 Å². The fourth-order valence-corrected chi connectivity index (χ4v) is 2.39. The number of aromatic amines is 1. The third-order valence-electron chi connectivity index (χ3n) is 2.81. The maximum Gasteiger partial charge on any atom is 0.0474 e. The van der Waals surface area contributed by atoms with E-state index in [4.69, 9.17) is 11.6 Å². The molecule has 0 aliphatic rings. The van der Waals surface area contributed by atoms with E-state index in [-0.39, 0.29) is 0 Å². The van der Waals surface area contributed by atoms with Gasteiger partial charge >= 0.3 is 0 Å². The van der Waals surface area contributed by atoms with E-state index in [0.29, 0.717) is 5.92 Å². The lowest BCUT2D eigenvalue weighted by Crippen LogP contribution is -2.07. The quantitative estimate of drug-likeness (QED) is 0.836. The zero-order chi connectivity index (χ0) is 11.7. The summed E-state index contributed by atoms with van der Waals surface area (Å²) in [5.74, 6) is 0.512. The highest BCUT2D eigenvalue weighted by Crippen LogP contribution is 2.30. The van der Waals surface area contributed by atoms with Crippen LogP contribution in [0.15, 0.2) is 18.2 Å². The number of nitrogens with one attached hydrogen (secondary N) is 2. The van der Waals surface area contributed by atoms with Gasteiger partial charge in [-0.3, -0.25) is 0 Å². The Balaban J connectivity index is 2.65. The number of halogens is 1. The van der Waals surface area contributed by atoms with Crippen LogP contribution in [-0.2, 0) is 6.54 Å². The predicted molar refractivity (Wildman–Crippen MR) is 70.2 cm³/mol. The maximum absolute atomic E-state index is 6.00. The predicted octanol–water partition coefficient (Wildman–Crippen LogP) is 3.66. The van der Waals surface area contributed by atoms with Crippen molar-refractivity contribution in [3.63, 3.8) is 0 Å². The molecule has 0 aliphatic carbocycles.